The zero-order chi connectivity index (χ0) is 13.8. The standard InChI is InChI=1S/C15H21ClO2/c1-14(2,18)15(3,13(17)11-16)10-9-12-7-5-4-6-8-12/h4-8,18H,9-11H2,1-3H3. The topological polar surface area (TPSA) is 37.3 Å². The number of rotatable bonds is 6. The molecule has 1 atom stereocenters. The van der Waals surface area contributed by atoms with Crippen molar-refractivity contribution >= 4 is 17.4 Å². The lowest BCUT2D eigenvalue weighted by molar-refractivity contribution is -0.140. The minimum Gasteiger partial charge on any atom is -0.389 e. The third kappa shape index (κ3) is 3.33. The van der Waals surface area contributed by atoms with E-state index in [1.54, 1.807) is 20.8 Å². The van der Waals surface area contributed by atoms with Gasteiger partial charge in [-0.2, -0.15) is 0 Å². The number of carbonyl (C=O) groups excluding carboxylic acids is 1. The van der Waals surface area contributed by atoms with Crippen LogP contribution in [-0.4, -0.2) is 22.4 Å². The van der Waals surface area contributed by atoms with Crippen LogP contribution in [0.25, 0.3) is 0 Å². The Morgan fingerprint density at radius 3 is 2.22 bits per heavy atom. The van der Waals surface area contributed by atoms with Crippen molar-refractivity contribution < 1.29 is 9.90 Å². The third-order valence-electron chi connectivity index (χ3n) is 3.84. The molecular formula is C15H21ClO2. The van der Waals surface area contributed by atoms with Gasteiger partial charge in [-0.05, 0) is 39.2 Å². The highest BCUT2D eigenvalue weighted by molar-refractivity contribution is 6.28. The summed E-state index contributed by atoms with van der Waals surface area (Å²) in [4.78, 5) is 12.0. The van der Waals surface area contributed by atoms with E-state index in [4.69, 9.17) is 11.6 Å². The summed E-state index contributed by atoms with van der Waals surface area (Å²) >= 11 is 5.66. The Morgan fingerprint density at radius 1 is 1.22 bits per heavy atom. The molecule has 0 saturated heterocycles. The van der Waals surface area contributed by atoms with Crippen LogP contribution in [0.1, 0.15) is 32.8 Å². The Bertz CT molecular complexity index is 395. The lowest BCUT2D eigenvalue weighted by Gasteiger charge is -2.39. The fourth-order valence-corrected chi connectivity index (χ4v) is 2.27. The maximum Gasteiger partial charge on any atom is 0.156 e. The second-order valence-electron chi connectivity index (χ2n) is 5.43. The van der Waals surface area contributed by atoms with Crippen molar-refractivity contribution in [2.24, 2.45) is 5.41 Å². The van der Waals surface area contributed by atoms with Crippen LogP contribution in [0.15, 0.2) is 30.3 Å². The van der Waals surface area contributed by atoms with E-state index in [-0.39, 0.29) is 11.7 Å². The minimum atomic E-state index is -1.08. The number of Topliss-reactive ketones (excluding diaryl/α,β-unsaturated/α-hetero) is 1. The second-order valence-corrected chi connectivity index (χ2v) is 5.70. The Hall–Kier alpha value is -0.860. The molecule has 1 aromatic carbocycles. The van der Waals surface area contributed by atoms with Crippen molar-refractivity contribution in [1.82, 2.24) is 0 Å². The summed E-state index contributed by atoms with van der Waals surface area (Å²) in [5.74, 6) is -0.164. The summed E-state index contributed by atoms with van der Waals surface area (Å²) in [5.41, 5.74) is -0.728. The van der Waals surface area contributed by atoms with Crippen LogP contribution >= 0.6 is 11.6 Å². The monoisotopic (exact) mass is 268 g/mol. The van der Waals surface area contributed by atoms with Gasteiger partial charge in [-0.1, -0.05) is 30.3 Å². The molecule has 0 heterocycles. The zero-order valence-corrected chi connectivity index (χ0v) is 12.0. The van der Waals surface area contributed by atoms with Gasteiger partial charge in [-0.25, -0.2) is 0 Å². The van der Waals surface area contributed by atoms with E-state index in [9.17, 15) is 9.90 Å². The number of hydrogen-bond acceptors (Lipinski definition) is 2. The Kier molecular flexibility index (Phi) is 4.94. The molecule has 2 nitrogen and oxygen atoms in total. The van der Waals surface area contributed by atoms with Crippen molar-refractivity contribution in [3.63, 3.8) is 0 Å². The molecule has 0 saturated carbocycles. The number of alkyl halides is 1. The average Bonchev–Trinajstić information content (AvgIpc) is 2.34. The Labute approximate surface area is 114 Å². The fourth-order valence-electron chi connectivity index (χ4n) is 1.97. The maximum absolute atomic E-state index is 12.0. The van der Waals surface area contributed by atoms with Gasteiger partial charge in [0.05, 0.1) is 16.9 Å². The molecule has 0 aromatic heterocycles. The fraction of sp³-hybridized carbons (Fsp3) is 0.533. The predicted octanol–water partition coefficient (Wildman–Crippen LogP) is 3.20. The van der Waals surface area contributed by atoms with E-state index in [1.807, 2.05) is 30.3 Å². The normalized spacial score (nSPS) is 15.2. The van der Waals surface area contributed by atoms with Gasteiger partial charge in [0.15, 0.2) is 5.78 Å². The first kappa shape index (κ1) is 15.2. The summed E-state index contributed by atoms with van der Waals surface area (Å²) in [6.07, 6.45) is 1.34. The molecule has 0 aliphatic heterocycles. The van der Waals surface area contributed by atoms with Gasteiger partial charge in [-0.15, -0.1) is 11.6 Å². The van der Waals surface area contributed by atoms with E-state index in [0.29, 0.717) is 6.42 Å². The molecule has 1 aromatic rings. The minimum absolute atomic E-state index is 0.0602. The lowest BCUT2D eigenvalue weighted by atomic mass is 9.69. The molecule has 0 radical (unpaired) electrons. The highest BCUT2D eigenvalue weighted by atomic mass is 35.5. The van der Waals surface area contributed by atoms with Crippen LogP contribution in [0.3, 0.4) is 0 Å². The Balaban J connectivity index is 2.84. The zero-order valence-electron chi connectivity index (χ0n) is 11.2. The quantitative estimate of drug-likeness (QED) is 0.805. The summed E-state index contributed by atoms with van der Waals surface area (Å²) in [7, 11) is 0. The highest BCUT2D eigenvalue weighted by Gasteiger charge is 2.44. The van der Waals surface area contributed by atoms with Gasteiger partial charge in [0, 0.05) is 0 Å². The molecule has 0 fully saturated rings. The molecule has 0 aliphatic rings. The maximum atomic E-state index is 12.0. The SMILES string of the molecule is CC(C)(O)C(C)(CCc1ccccc1)C(=O)CCl. The molecule has 0 bridgehead atoms. The molecule has 1 rings (SSSR count). The highest BCUT2D eigenvalue weighted by Crippen LogP contribution is 2.37. The van der Waals surface area contributed by atoms with E-state index >= 15 is 0 Å². The van der Waals surface area contributed by atoms with Crippen LogP contribution < -0.4 is 0 Å². The van der Waals surface area contributed by atoms with Crippen molar-refractivity contribution in [3.05, 3.63) is 35.9 Å². The van der Waals surface area contributed by atoms with Crippen molar-refractivity contribution in [2.75, 3.05) is 5.88 Å². The molecular weight excluding hydrogens is 248 g/mol. The van der Waals surface area contributed by atoms with Crippen LogP contribution in [0.4, 0.5) is 0 Å². The lowest BCUT2D eigenvalue weighted by Crippen LogP contribution is -2.48. The number of hydrogen-bond donors (Lipinski definition) is 1. The largest absolute Gasteiger partial charge is 0.389 e. The van der Waals surface area contributed by atoms with E-state index in [1.165, 1.54) is 0 Å². The molecule has 1 N–H and O–H groups in total. The molecule has 18 heavy (non-hydrogen) atoms. The first-order valence-electron chi connectivity index (χ1n) is 6.17. The summed E-state index contributed by atoms with van der Waals surface area (Å²) in [6.45, 7) is 5.13. The van der Waals surface area contributed by atoms with Gasteiger partial charge < -0.3 is 5.11 Å². The number of benzene rings is 1. The Morgan fingerprint density at radius 2 is 1.78 bits per heavy atom. The van der Waals surface area contributed by atoms with E-state index in [2.05, 4.69) is 0 Å². The number of aliphatic hydroxyl groups is 1. The van der Waals surface area contributed by atoms with Crippen LogP contribution in [0, 0.1) is 5.41 Å². The van der Waals surface area contributed by atoms with Gasteiger partial charge in [-0.3, -0.25) is 4.79 Å². The molecule has 0 aliphatic carbocycles. The number of carbonyl (C=O) groups is 1. The van der Waals surface area contributed by atoms with Crippen LogP contribution in [0.2, 0.25) is 0 Å². The van der Waals surface area contributed by atoms with Crippen molar-refractivity contribution in [1.29, 1.82) is 0 Å². The van der Waals surface area contributed by atoms with Gasteiger partial charge >= 0.3 is 0 Å². The first-order chi connectivity index (χ1) is 8.31. The predicted molar refractivity (Wildman–Crippen MR) is 74.9 cm³/mol. The number of ketones is 1. The summed E-state index contributed by atoms with van der Waals surface area (Å²) < 4.78 is 0. The van der Waals surface area contributed by atoms with Crippen LogP contribution in [-0.2, 0) is 11.2 Å². The second kappa shape index (κ2) is 5.85. The molecule has 1 unspecified atom stereocenters. The van der Waals surface area contributed by atoms with E-state index in [0.717, 1.165) is 12.0 Å². The molecule has 0 spiro atoms. The van der Waals surface area contributed by atoms with E-state index < -0.39 is 11.0 Å². The molecule has 3 heteroatoms. The van der Waals surface area contributed by atoms with Crippen molar-refractivity contribution in [3.8, 4) is 0 Å². The first-order valence-corrected chi connectivity index (χ1v) is 6.70. The molecule has 0 amide bonds. The number of aryl methyl sites for hydroxylation is 1. The molecule has 100 valence electrons. The van der Waals surface area contributed by atoms with Crippen molar-refractivity contribution in [2.45, 2.75) is 39.2 Å². The summed E-state index contributed by atoms with van der Waals surface area (Å²) in [6, 6.07) is 9.95. The van der Waals surface area contributed by atoms with Gasteiger partial charge in [0.25, 0.3) is 0 Å². The van der Waals surface area contributed by atoms with Gasteiger partial charge in [0.2, 0.25) is 0 Å². The number of halogens is 1. The average molecular weight is 269 g/mol. The van der Waals surface area contributed by atoms with Crippen LogP contribution in [0.5, 0.6) is 0 Å². The van der Waals surface area contributed by atoms with Gasteiger partial charge in [0.1, 0.15) is 0 Å². The third-order valence-corrected chi connectivity index (χ3v) is 4.09. The smallest absolute Gasteiger partial charge is 0.156 e. The summed E-state index contributed by atoms with van der Waals surface area (Å²) in [5, 5.41) is 10.2.